The molecule has 0 atom stereocenters. The van der Waals surface area contributed by atoms with Crippen molar-refractivity contribution in [3.63, 3.8) is 0 Å². The van der Waals surface area contributed by atoms with Crippen molar-refractivity contribution in [2.45, 2.75) is 13.3 Å². The van der Waals surface area contributed by atoms with Gasteiger partial charge in [0.25, 0.3) is 5.91 Å². The molecule has 2 N–H and O–H groups in total. The van der Waals surface area contributed by atoms with E-state index in [9.17, 15) is 4.79 Å². The van der Waals surface area contributed by atoms with Crippen LogP contribution >= 0.6 is 11.3 Å². The standard InChI is InChI=1S/C21H19N3OS/c1-14-19(26-21(24-14)15-7-3-2-4-8-15)20(25)22-12-11-16-13-23-18-10-6-5-9-17(16)18/h2-10,13,23H,11-12H2,1H3,(H,22,25). The smallest absolute Gasteiger partial charge is 0.263 e. The number of amides is 1. The molecule has 0 radical (unpaired) electrons. The second-order valence-corrected chi connectivity index (χ2v) is 7.16. The largest absolute Gasteiger partial charge is 0.361 e. The predicted molar refractivity (Wildman–Crippen MR) is 107 cm³/mol. The third-order valence-corrected chi connectivity index (χ3v) is 5.58. The van der Waals surface area contributed by atoms with E-state index in [1.165, 1.54) is 22.3 Å². The molecular weight excluding hydrogens is 342 g/mol. The average molecular weight is 361 g/mol. The first-order valence-electron chi connectivity index (χ1n) is 8.58. The summed E-state index contributed by atoms with van der Waals surface area (Å²) in [5.74, 6) is -0.0537. The number of hydrogen-bond acceptors (Lipinski definition) is 3. The summed E-state index contributed by atoms with van der Waals surface area (Å²) in [5.41, 5.74) is 4.16. The number of aryl methyl sites for hydroxylation is 1. The summed E-state index contributed by atoms with van der Waals surface area (Å²) in [4.78, 5) is 21.1. The van der Waals surface area contributed by atoms with Gasteiger partial charge < -0.3 is 10.3 Å². The summed E-state index contributed by atoms with van der Waals surface area (Å²) >= 11 is 1.44. The molecule has 4 aromatic rings. The third-order valence-electron chi connectivity index (χ3n) is 4.38. The van der Waals surface area contributed by atoms with Gasteiger partial charge in [0, 0.05) is 29.2 Å². The molecule has 0 saturated heterocycles. The fourth-order valence-corrected chi connectivity index (χ4v) is 4.03. The SMILES string of the molecule is Cc1nc(-c2ccccc2)sc1C(=O)NCCc1c[nH]c2ccccc12. The van der Waals surface area contributed by atoms with E-state index in [4.69, 9.17) is 0 Å². The molecule has 1 amide bonds. The number of nitrogens with zero attached hydrogens (tertiary/aromatic N) is 1. The lowest BCUT2D eigenvalue weighted by Crippen LogP contribution is -2.25. The van der Waals surface area contributed by atoms with Gasteiger partial charge in [-0.25, -0.2) is 4.98 Å². The summed E-state index contributed by atoms with van der Waals surface area (Å²) in [5, 5.41) is 5.11. The number of nitrogens with one attached hydrogen (secondary N) is 2. The highest BCUT2D eigenvalue weighted by atomic mass is 32.1. The molecule has 4 rings (SSSR count). The highest BCUT2D eigenvalue weighted by Gasteiger charge is 2.16. The van der Waals surface area contributed by atoms with Gasteiger partial charge in [-0.15, -0.1) is 11.3 Å². The van der Waals surface area contributed by atoms with Gasteiger partial charge in [-0.1, -0.05) is 48.5 Å². The normalized spacial score (nSPS) is 11.0. The van der Waals surface area contributed by atoms with Crippen molar-refractivity contribution >= 4 is 28.1 Å². The molecular formula is C21H19N3OS. The second kappa shape index (κ2) is 7.14. The topological polar surface area (TPSA) is 57.8 Å². The van der Waals surface area contributed by atoms with E-state index in [2.05, 4.69) is 27.4 Å². The Morgan fingerprint density at radius 2 is 1.88 bits per heavy atom. The van der Waals surface area contributed by atoms with Gasteiger partial charge in [0.1, 0.15) is 9.88 Å². The van der Waals surface area contributed by atoms with E-state index >= 15 is 0 Å². The molecule has 0 aliphatic carbocycles. The number of thiazole rings is 1. The van der Waals surface area contributed by atoms with Crippen LogP contribution in [-0.4, -0.2) is 22.4 Å². The number of aromatic nitrogens is 2. The van der Waals surface area contributed by atoms with Gasteiger partial charge in [0.2, 0.25) is 0 Å². The first kappa shape index (κ1) is 16.5. The maximum absolute atomic E-state index is 12.6. The minimum Gasteiger partial charge on any atom is -0.361 e. The molecule has 26 heavy (non-hydrogen) atoms. The Morgan fingerprint density at radius 1 is 1.12 bits per heavy atom. The Labute approximate surface area is 155 Å². The lowest BCUT2D eigenvalue weighted by molar-refractivity contribution is 0.0957. The van der Waals surface area contributed by atoms with Crippen LogP contribution in [-0.2, 0) is 6.42 Å². The highest BCUT2D eigenvalue weighted by molar-refractivity contribution is 7.17. The van der Waals surface area contributed by atoms with Crippen molar-refractivity contribution < 1.29 is 4.79 Å². The molecule has 0 aliphatic heterocycles. The molecule has 130 valence electrons. The molecule has 0 spiro atoms. The van der Waals surface area contributed by atoms with Crippen LogP contribution in [0.25, 0.3) is 21.5 Å². The summed E-state index contributed by atoms with van der Waals surface area (Å²) < 4.78 is 0. The number of H-pyrrole nitrogens is 1. The molecule has 0 aliphatic rings. The first-order chi connectivity index (χ1) is 12.7. The van der Waals surface area contributed by atoms with E-state index in [0.29, 0.717) is 11.4 Å². The first-order valence-corrected chi connectivity index (χ1v) is 9.40. The Bertz CT molecular complexity index is 1050. The van der Waals surface area contributed by atoms with Crippen LogP contribution in [0, 0.1) is 6.92 Å². The van der Waals surface area contributed by atoms with Crippen LogP contribution in [0.1, 0.15) is 20.9 Å². The summed E-state index contributed by atoms with van der Waals surface area (Å²) in [6.45, 7) is 2.48. The van der Waals surface area contributed by atoms with Gasteiger partial charge in [0.15, 0.2) is 0 Å². The van der Waals surface area contributed by atoms with Crippen molar-refractivity contribution in [2.24, 2.45) is 0 Å². The van der Waals surface area contributed by atoms with Crippen molar-refractivity contribution in [3.05, 3.63) is 76.9 Å². The number of rotatable bonds is 5. The fraction of sp³-hybridized carbons (Fsp3) is 0.143. The van der Waals surface area contributed by atoms with Crippen LogP contribution in [0.2, 0.25) is 0 Å². The van der Waals surface area contributed by atoms with Crippen LogP contribution in [0.15, 0.2) is 60.8 Å². The van der Waals surface area contributed by atoms with E-state index in [-0.39, 0.29) is 5.91 Å². The molecule has 2 aromatic carbocycles. The predicted octanol–water partition coefficient (Wildman–Crippen LogP) is 4.57. The summed E-state index contributed by atoms with van der Waals surface area (Å²) in [6.07, 6.45) is 2.81. The molecule has 0 saturated carbocycles. The zero-order valence-electron chi connectivity index (χ0n) is 14.5. The number of benzene rings is 2. The van der Waals surface area contributed by atoms with E-state index in [1.54, 1.807) is 0 Å². The van der Waals surface area contributed by atoms with Crippen molar-refractivity contribution in [1.29, 1.82) is 0 Å². The number of aromatic amines is 1. The van der Waals surface area contributed by atoms with Crippen LogP contribution in [0.3, 0.4) is 0 Å². The minimum absolute atomic E-state index is 0.0537. The van der Waals surface area contributed by atoms with Gasteiger partial charge >= 0.3 is 0 Å². The minimum atomic E-state index is -0.0537. The molecule has 0 fully saturated rings. The molecule has 0 bridgehead atoms. The quantitative estimate of drug-likeness (QED) is 0.547. The van der Waals surface area contributed by atoms with Crippen LogP contribution in [0.4, 0.5) is 0 Å². The molecule has 0 unspecified atom stereocenters. The second-order valence-electron chi connectivity index (χ2n) is 6.16. The number of carbonyl (C=O) groups excluding carboxylic acids is 1. The molecule has 2 aromatic heterocycles. The molecule has 2 heterocycles. The lowest BCUT2D eigenvalue weighted by Gasteiger charge is -2.03. The van der Waals surface area contributed by atoms with Crippen LogP contribution in [0.5, 0.6) is 0 Å². The van der Waals surface area contributed by atoms with Gasteiger partial charge in [0.05, 0.1) is 5.69 Å². The number of carbonyl (C=O) groups is 1. The maximum atomic E-state index is 12.6. The van der Waals surface area contributed by atoms with E-state index < -0.39 is 0 Å². The van der Waals surface area contributed by atoms with Crippen LogP contribution < -0.4 is 5.32 Å². The monoisotopic (exact) mass is 361 g/mol. The number of fused-ring (bicyclic) bond motifs is 1. The Kier molecular flexibility index (Phi) is 4.54. The Morgan fingerprint density at radius 3 is 2.73 bits per heavy atom. The van der Waals surface area contributed by atoms with Crippen molar-refractivity contribution in [3.8, 4) is 10.6 Å². The Balaban J connectivity index is 1.43. The van der Waals surface area contributed by atoms with Crippen molar-refractivity contribution in [2.75, 3.05) is 6.54 Å². The van der Waals surface area contributed by atoms with E-state index in [0.717, 1.165) is 28.2 Å². The van der Waals surface area contributed by atoms with Gasteiger partial charge in [-0.05, 0) is 25.0 Å². The zero-order chi connectivity index (χ0) is 17.9. The highest BCUT2D eigenvalue weighted by Crippen LogP contribution is 2.27. The maximum Gasteiger partial charge on any atom is 0.263 e. The third kappa shape index (κ3) is 3.26. The molecule has 5 heteroatoms. The lowest BCUT2D eigenvalue weighted by atomic mass is 10.1. The fourth-order valence-electron chi connectivity index (χ4n) is 3.04. The Hall–Kier alpha value is -2.92. The van der Waals surface area contributed by atoms with Crippen molar-refractivity contribution in [1.82, 2.24) is 15.3 Å². The van der Waals surface area contributed by atoms with Gasteiger partial charge in [-0.2, -0.15) is 0 Å². The number of hydrogen-bond donors (Lipinski definition) is 2. The summed E-state index contributed by atoms with van der Waals surface area (Å²) in [6, 6.07) is 18.2. The summed E-state index contributed by atoms with van der Waals surface area (Å²) in [7, 11) is 0. The zero-order valence-corrected chi connectivity index (χ0v) is 15.3. The average Bonchev–Trinajstić information content (AvgIpc) is 3.26. The van der Waals surface area contributed by atoms with E-state index in [1.807, 2.05) is 55.6 Å². The molecule has 4 nitrogen and oxygen atoms in total. The number of para-hydroxylation sites is 1. The van der Waals surface area contributed by atoms with Gasteiger partial charge in [-0.3, -0.25) is 4.79 Å².